The summed E-state index contributed by atoms with van der Waals surface area (Å²) in [6.45, 7) is 3.50. The van der Waals surface area contributed by atoms with Crippen molar-refractivity contribution in [3.63, 3.8) is 0 Å². The smallest absolute Gasteiger partial charge is 0.230 e. The number of rotatable bonds is 5. The average molecular weight is 391 g/mol. The third kappa shape index (κ3) is 4.23. The van der Waals surface area contributed by atoms with Crippen molar-refractivity contribution < 1.29 is 9.53 Å². The molecule has 150 valence electrons. The highest BCUT2D eigenvalue weighted by Crippen LogP contribution is 2.24. The van der Waals surface area contributed by atoms with Gasteiger partial charge >= 0.3 is 0 Å². The fourth-order valence-corrected chi connectivity index (χ4v) is 3.68. The highest BCUT2D eigenvalue weighted by molar-refractivity contribution is 5.92. The van der Waals surface area contributed by atoms with E-state index in [-0.39, 0.29) is 11.8 Å². The van der Waals surface area contributed by atoms with Gasteiger partial charge in [0.05, 0.1) is 24.4 Å². The number of methoxy groups -OCH3 is 1. The maximum atomic E-state index is 13.0. The molecule has 1 amide bonds. The molecular formula is C22H25N5O2. The number of anilines is 2. The van der Waals surface area contributed by atoms with Gasteiger partial charge in [0.1, 0.15) is 17.4 Å². The SMILES string of the molecule is COc1ccc(-n2nc(C)cc2NC(=O)C2CCCN(c3ccccn3)C2)cc1. The number of aromatic nitrogens is 3. The van der Waals surface area contributed by atoms with Crippen LogP contribution in [-0.2, 0) is 4.79 Å². The molecule has 1 aromatic carbocycles. The van der Waals surface area contributed by atoms with Crippen LogP contribution in [0.5, 0.6) is 5.75 Å². The first-order chi connectivity index (χ1) is 14.1. The average Bonchev–Trinajstić information content (AvgIpc) is 3.14. The summed E-state index contributed by atoms with van der Waals surface area (Å²) in [5, 5.41) is 7.62. The van der Waals surface area contributed by atoms with Gasteiger partial charge in [-0.3, -0.25) is 4.79 Å². The van der Waals surface area contributed by atoms with Gasteiger partial charge in [0.25, 0.3) is 0 Å². The molecule has 1 atom stereocenters. The number of hydrogen-bond acceptors (Lipinski definition) is 5. The molecule has 4 rings (SSSR count). The third-order valence-corrected chi connectivity index (χ3v) is 5.17. The molecule has 0 saturated carbocycles. The predicted octanol–water partition coefficient (Wildman–Crippen LogP) is 3.44. The Morgan fingerprint density at radius 1 is 1.21 bits per heavy atom. The largest absolute Gasteiger partial charge is 0.497 e. The Bertz CT molecular complexity index is 969. The highest BCUT2D eigenvalue weighted by atomic mass is 16.5. The van der Waals surface area contributed by atoms with Crippen LogP contribution < -0.4 is 15.0 Å². The fourth-order valence-electron chi connectivity index (χ4n) is 3.68. The molecule has 29 heavy (non-hydrogen) atoms. The van der Waals surface area contributed by atoms with Gasteiger partial charge < -0.3 is 15.0 Å². The summed E-state index contributed by atoms with van der Waals surface area (Å²) in [5.41, 5.74) is 1.71. The molecule has 1 N–H and O–H groups in total. The lowest BCUT2D eigenvalue weighted by molar-refractivity contribution is -0.120. The molecule has 1 fully saturated rings. The second-order valence-electron chi connectivity index (χ2n) is 7.24. The lowest BCUT2D eigenvalue weighted by atomic mass is 9.97. The molecule has 1 aliphatic rings. The summed E-state index contributed by atoms with van der Waals surface area (Å²) in [6, 6.07) is 15.4. The van der Waals surface area contributed by atoms with Crippen LogP contribution in [0.1, 0.15) is 18.5 Å². The standard InChI is InChI=1S/C22H25N5O2/c1-16-14-21(27(25-16)18-8-10-19(29-2)11-9-18)24-22(28)17-6-5-13-26(15-17)20-7-3-4-12-23-20/h3-4,7-12,14,17H,5-6,13,15H2,1-2H3,(H,24,28). The molecule has 1 aliphatic heterocycles. The van der Waals surface area contributed by atoms with E-state index in [1.165, 1.54) is 0 Å². The number of amides is 1. The molecule has 7 nitrogen and oxygen atoms in total. The number of piperidine rings is 1. The van der Waals surface area contributed by atoms with Crippen LogP contribution >= 0.6 is 0 Å². The van der Waals surface area contributed by atoms with Gasteiger partial charge in [-0.15, -0.1) is 0 Å². The monoisotopic (exact) mass is 391 g/mol. The van der Waals surface area contributed by atoms with Crippen molar-refractivity contribution in [3.8, 4) is 11.4 Å². The van der Waals surface area contributed by atoms with Gasteiger partial charge in [0.15, 0.2) is 0 Å². The van der Waals surface area contributed by atoms with Gasteiger partial charge in [-0.2, -0.15) is 5.10 Å². The van der Waals surface area contributed by atoms with E-state index in [1.807, 2.05) is 55.5 Å². The molecule has 7 heteroatoms. The van der Waals surface area contributed by atoms with Crippen molar-refractivity contribution in [2.45, 2.75) is 19.8 Å². The number of benzene rings is 1. The van der Waals surface area contributed by atoms with E-state index in [1.54, 1.807) is 18.0 Å². The number of pyridine rings is 1. The molecule has 3 aromatic rings. The Labute approximate surface area is 170 Å². The van der Waals surface area contributed by atoms with Crippen molar-refractivity contribution >= 4 is 17.5 Å². The minimum atomic E-state index is -0.0923. The Kier molecular flexibility index (Phi) is 5.46. The summed E-state index contributed by atoms with van der Waals surface area (Å²) in [5.74, 6) is 2.29. The summed E-state index contributed by atoms with van der Waals surface area (Å²) in [4.78, 5) is 19.6. The first-order valence-corrected chi connectivity index (χ1v) is 9.82. The molecule has 2 aromatic heterocycles. The van der Waals surface area contributed by atoms with Gasteiger partial charge in [-0.25, -0.2) is 9.67 Å². The van der Waals surface area contributed by atoms with E-state index < -0.39 is 0 Å². The first-order valence-electron chi connectivity index (χ1n) is 9.82. The van der Waals surface area contributed by atoms with Crippen molar-refractivity contribution in [3.05, 3.63) is 60.4 Å². The lowest BCUT2D eigenvalue weighted by Gasteiger charge is -2.32. The Morgan fingerprint density at radius 3 is 2.76 bits per heavy atom. The van der Waals surface area contributed by atoms with Crippen molar-refractivity contribution in [2.24, 2.45) is 5.92 Å². The predicted molar refractivity (Wildman–Crippen MR) is 113 cm³/mol. The van der Waals surface area contributed by atoms with Crippen molar-refractivity contribution in [1.29, 1.82) is 0 Å². The number of ether oxygens (including phenoxy) is 1. The van der Waals surface area contributed by atoms with E-state index in [0.29, 0.717) is 12.4 Å². The number of carbonyl (C=O) groups is 1. The van der Waals surface area contributed by atoms with E-state index in [9.17, 15) is 4.79 Å². The minimum Gasteiger partial charge on any atom is -0.497 e. The molecular weight excluding hydrogens is 366 g/mol. The molecule has 0 aliphatic carbocycles. The van der Waals surface area contributed by atoms with Gasteiger partial charge in [-0.1, -0.05) is 6.07 Å². The lowest BCUT2D eigenvalue weighted by Crippen LogP contribution is -2.41. The second-order valence-corrected chi connectivity index (χ2v) is 7.24. The first kappa shape index (κ1) is 19.0. The van der Waals surface area contributed by atoms with Crippen LogP contribution in [0.25, 0.3) is 5.69 Å². The summed E-state index contributed by atoms with van der Waals surface area (Å²) >= 11 is 0. The number of carbonyl (C=O) groups excluding carboxylic acids is 1. The minimum absolute atomic E-state index is 0.0142. The third-order valence-electron chi connectivity index (χ3n) is 5.17. The molecule has 0 radical (unpaired) electrons. The molecule has 1 saturated heterocycles. The van der Waals surface area contributed by atoms with E-state index >= 15 is 0 Å². The maximum Gasteiger partial charge on any atom is 0.230 e. The normalized spacial score (nSPS) is 16.5. The van der Waals surface area contributed by atoms with Crippen molar-refractivity contribution in [2.75, 3.05) is 30.4 Å². The second kappa shape index (κ2) is 8.34. The van der Waals surface area contributed by atoms with Crippen LogP contribution in [-0.4, -0.2) is 40.9 Å². The zero-order valence-corrected chi connectivity index (χ0v) is 16.7. The molecule has 1 unspecified atom stereocenters. The maximum absolute atomic E-state index is 13.0. The summed E-state index contributed by atoms with van der Waals surface area (Å²) < 4.78 is 6.98. The zero-order chi connectivity index (χ0) is 20.2. The fraction of sp³-hybridized carbons (Fsp3) is 0.318. The number of nitrogens with one attached hydrogen (secondary N) is 1. The van der Waals surface area contributed by atoms with Crippen LogP contribution in [0, 0.1) is 12.8 Å². The summed E-state index contributed by atoms with van der Waals surface area (Å²) in [7, 11) is 1.64. The number of aryl methyl sites for hydroxylation is 1. The molecule has 3 heterocycles. The van der Waals surface area contributed by atoms with Crippen LogP contribution in [0.3, 0.4) is 0 Å². The number of nitrogens with zero attached hydrogens (tertiary/aromatic N) is 4. The van der Waals surface area contributed by atoms with Gasteiger partial charge in [0, 0.05) is 25.4 Å². The molecule has 0 bridgehead atoms. The topological polar surface area (TPSA) is 72.3 Å². The summed E-state index contributed by atoms with van der Waals surface area (Å²) in [6.07, 6.45) is 3.62. The highest BCUT2D eigenvalue weighted by Gasteiger charge is 2.27. The van der Waals surface area contributed by atoms with E-state index in [2.05, 4.69) is 20.3 Å². The van der Waals surface area contributed by atoms with Gasteiger partial charge in [-0.05, 0) is 56.2 Å². The quantitative estimate of drug-likeness (QED) is 0.721. The van der Waals surface area contributed by atoms with Crippen LogP contribution in [0.2, 0.25) is 0 Å². The van der Waals surface area contributed by atoms with E-state index in [4.69, 9.17) is 4.74 Å². The van der Waals surface area contributed by atoms with Crippen LogP contribution in [0.15, 0.2) is 54.7 Å². The van der Waals surface area contributed by atoms with Crippen LogP contribution in [0.4, 0.5) is 11.6 Å². The Morgan fingerprint density at radius 2 is 2.03 bits per heavy atom. The molecule has 0 spiro atoms. The van der Waals surface area contributed by atoms with Gasteiger partial charge in [0.2, 0.25) is 5.91 Å². The number of hydrogen-bond donors (Lipinski definition) is 1. The Hall–Kier alpha value is -3.35. The Balaban J connectivity index is 1.49. The van der Waals surface area contributed by atoms with Crippen molar-refractivity contribution in [1.82, 2.24) is 14.8 Å². The zero-order valence-electron chi connectivity index (χ0n) is 16.7. The van der Waals surface area contributed by atoms with E-state index in [0.717, 1.165) is 42.3 Å².